The topological polar surface area (TPSA) is 84.5 Å². The third-order valence-corrected chi connectivity index (χ3v) is 4.20. The summed E-state index contributed by atoms with van der Waals surface area (Å²) in [6.45, 7) is 9.02. The summed E-state index contributed by atoms with van der Waals surface area (Å²) in [5, 5.41) is 5.76. The van der Waals surface area contributed by atoms with Crippen LogP contribution < -0.4 is 10.6 Å². The monoisotopic (exact) mass is 326 g/mol. The Morgan fingerprint density at radius 3 is 2.45 bits per heavy atom. The number of esters is 1. The van der Waals surface area contributed by atoms with Crippen molar-refractivity contribution in [1.29, 1.82) is 0 Å². The van der Waals surface area contributed by atoms with Crippen LogP contribution in [-0.2, 0) is 14.3 Å². The van der Waals surface area contributed by atoms with Crippen LogP contribution in [0.25, 0.3) is 0 Å². The summed E-state index contributed by atoms with van der Waals surface area (Å²) >= 11 is 1.31. The van der Waals surface area contributed by atoms with E-state index in [1.165, 1.54) is 25.2 Å². The lowest BCUT2D eigenvalue weighted by atomic mass is 10.1. The van der Waals surface area contributed by atoms with E-state index in [2.05, 4.69) is 10.6 Å². The minimum atomic E-state index is -0.885. The Kier molecular flexibility index (Phi) is 6.55. The maximum Gasteiger partial charge on any atom is 0.342 e. The van der Waals surface area contributed by atoms with Gasteiger partial charge in [0.1, 0.15) is 5.00 Å². The van der Waals surface area contributed by atoms with Crippen LogP contribution in [0.4, 0.5) is 5.00 Å². The normalized spacial score (nSPS) is 11.7. The Labute approximate surface area is 134 Å². The van der Waals surface area contributed by atoms with E-state index in [1.54, 1.807) is 6.92 Å². The Morgan fingerprint density at radius 2 is 1.91 bits per heavy atom. The van der Waals surface area contributed by atoms with Crippen LogP contribution in [0.3, 0.4) is 0 Å². The standard InChI is InChI=1S/C15H22N2O4S/c1-6-7-16-13(19)9(3)21-15(20)12-8(2)10(4)22-14(12)17-11(5)18/h9H,6-7H2,1-5H3,(H,16,19)(H,17,18). The first-order chi connectivity index (χ1) is 10.3. The molecule has 1 heterocycles. The number of carbonyl (C=O) groups excluding carboxylic acids is 3. The average Bonchev–Trinajstić information content (AvgIpc) is 2.70. The molecule has 1 aromatic heterocycles. The molecule has 0 bridgehead atoms. The third kappa shape index (κ3) is 4.56. The van der Waals surface area contributed by atoms with Gasteiger partial charge in [-0.2, -0.15) is 0 Å². The quantitative estimate of drug-likeness (QED) is 0.786. The molecule has 0 radical (unpaired) electrons. The number of anilines is 1. The molecule has 2 N–H and O–H groups in total. The highest BCUT2D eigenvalue weighted by atomic mass is 32.1. The van der Waals surface area contributed by atoms with Crippen molar-refractivity contribution < 1.29 is 19.1 Å². The molecule has 0 saturated heterocycles. The Balaban J connectivity index is 2.89. The van der Waals surface area contributed by atoms with Crippen LogP contribution in [-0.4, -0.2) is 30.4 Å². The first-order valence-corrected chi connectivity index (χ1v) is 7.95. The molecule has 6 nitrogen and oxygen atoms in total. The predicted octanol–water partition coefficient (Wildman–Crippen LogP) is 2.39. The highest BCUT2D eigenvalue weighted by Crippen LogP contribution is 2.33. The van der Waals surface area contributed by atoms with E-state index in [0.29, 0.717) is 17.1 Å². The third-order valence-electron chi connectivity index (χ3n) is 3.08. The van der Waals surface area contributed by atoms with Crippen molar-refractivity contribution in [3.8, 4) is 0 Å². The van der Waals surface area contributed by atoms with Crippen molar-refractivity contribution in [3.05, 3.63) is 16.0 Å². The number of ether oxygens (including phenoxy) is 1. The molecule has 0 aliphatic heterocycles. The molecule has 1 aromatic rings. The second-order valence-corrected chi connectivity index (χ2v) is 6.23. The lowest BCUT2D eigenvalue weighted by Gasteiger charge is -2.14. The van der Waals surface area contributed by atoms with Crippen molar-refractivity contribution >= 4 is 34.1 Å². The van der Waals surface area contributed by atoms with Gasteiger partial charge in [-0.05, 0) is 32.8 Å². The summed E-state index contributed by atoms with van der Waals surface area (Å²) in [5.41, 5.74) is 1.06. The van der Waals surface area contributed by atoms with Gasteiger partial charge in [-0.1, -0.05) is 6.92 Å². The molecule has 7 heteroatoms. The number of thiophene rings is 1. The molecule has 1 unspecified atom stereocenters. The van der Waals surface area contributed by atoms with E-state index < -0.39 is 12.1 Å². The van der Waals surface area contributed by atoms with Crippen LogP contribution >= 0.6 is 11.3 Å². The minimum Gasteiger partial charge on any atom is -0.449 e. The van der Waals surface area contributed by atoms with Crippen LogP contribution in [0.1, 0.15) is 48.0 Å². The van der Waals surface area contributed by atoms with Crippen molar-refractivity contribution in [2.24, 2.45) is 0 Å². The van der Waals surface area contributed by atoms with E-state index in [-0.39, 0.29) is 11.8 Å². The summed E-state index contributed by atoms with van der Waals surface area (Å²) in [5.74, 6) is -1.20. The van der Waals surface area contributed by atoms with Crippen molar-refractivity contribution in [2.45, 2.75) is 47.1 Å². The number of nitrogens with one attached hydrogen (secondary N) is 2. The second-order valence-electron chi connectivity index (χ2n) is 5.01. The maximum absolute atomic E-state index is 12.3. The zero-order valence-electron chi connectivity index (χ0n) is 13.5. The average molecular weight is 326 g/mol. The van der Waals surface area contributed by atoms with Gasteiger partial charge >= 0.3 is 5.97 Å². The lowest BCUT2D eigenvalue weighted by molar-refractivity contribution is -0.129. The fourth-order valence-electron chi connectivity index (χ4n) is 1.79. The molecular weight excluding hydrogens is 304 g/mol. The van der Waals surface area contributed by atoms with Crippen molar-refractivity contribution in [2.75, 3.05) is 11.9 Å². The summed E-state index contributed by atoms with van der Waals surface area (Å²) < 4.78 is 5.22. The smallest absolute Gasteiger partial charge is 0.342 e. The fraction of sp³-hybridized carbons (Fsp3) is 0.533. The van der Waals surface area contributed by atoms with Gasteiger partial charge in [0.05, 0.1) is 5.56 Å². The molecule has 22 heavy (non-hydrogen) atoms. The lowest BCUT2D eigenvalue weighted by Crippen LogP contribution is -2.36. The summed E-state index contributed by atoms with van der Waals surface area (Å²) in [7, 11) is 0. The predicted molar refractivity (Wildman–Crippen MR) is 86.3 cm³/mol. The van der Waals surface area contributed by atoms with Crippen LogP contribution in [0.5, 0.6) is 0 Å². The van der Waals surface area contributed by atoms with E-state index in [9.17, 15) is 14.4 Å². The molecule has 2 amide bonds. The van der Waals surface area contributed by atoms with Gasteiger partial charge in [-0.15, -0.1) is 11.3 Å². The van der Waals surface area contributed by atoms with Gasteiger partial charge in [-0.25, -0.2) is 4.79 Å². The highest BCUT2D eigenvalue weighted by Gasteiger charge is 2.25. The molecule has 0 aliphatic carbocycles. The molecule has 0 aromatic carbocycles. The Bertz CT molecular complexity index is 580. The summed E-state index contributed by atoms with van der Waals surface area (Å²) in [6.07, 6.45) is -0.0779. The van der Waals surface area contributed by atoms with Crippen LogP contribution in [0, 0.1) is 13.8 Å². The largest absolute Gasteiger partial charge is 0.449 e. The number of aryl methyl sites for hydroxylation is 1. The zero-order valence-corrected chi connectivity index (χ0v) is 14.3. The molecular formula is C15H22N2O4S. The first kappa shape index (κ1) is 18.2. The number of rotatable bonds is 6. The molecule has 0 saturated carbocycles. The van der Waals surface area contributed by atoms with E-state index in [4.69, 9.17) is 4.74 Å². The van der Waals surface area contributed by atoms with Gasteiger partial charge in [0.2, 0.25) is 5.91 Å². The number of hydrogen-bond acceptors (Lipinski definition) is 5. The van der Waals surface area contributed by atoms with Gasteiger partial charge in [0, 0.05) is 18.3 Å². The summed E-state index contributed by atoms with van der Waals surface area (Å²) in [4.78, 5) is 36.2. The SMILES string of the molecule is CCCNC(=O)C(C)OC(=O)c1c(NC(C)=O)sc(C)c1C. The van der Waals surface area contributed by atoms with E-state index >= 15 is 0 Å². The number of amides is 2. The van der Waals surface area contributed by atoms with E-state index in [1.807, 2.05) is 13.8 Å². The molecule has 122 valence electrons. The molecule has 0 aliphatic rings. The maximum atomic E-state index is 12.3. The highest BCUT2D eigenvalue weighted by molar-refractivity contribution is 7.16. The Morgan fingerprint density at radius 1 is 1.27 bits per heavy atom. The van der Waals surface area contributed by atoms with Crippen LogP contribution in [0.2, 0.25) is 0 Å². The fourth-order valence-corrected chi connectivity index (χ4v) is 2.88. The van der Waals surface area contributed by atoms with Crippen LogP contribution in [0.15, 0.2) is 0 Å². The van der Waals surface area contributed by atoms with Gasteiger partial charge in [0.25, 0.3) is 5.91 Å². The Hall–Kier alpha value is -1.89. The zero-order chi connectivity index (χ0) is 16.9. The molecule has 1 atom stereocenters. The van der Waals surface area contributed by atoms with Crippen molar-refractivity contribution in [1.82, 2.24) is 5.32 Å². The van der Waals surface area contributed by atoms with Gasteiger partial charge in [0.15, 0.2) is 6.10 Å². The minimum absolute atomic E-state index is 0.260. The van der Waals surface area contributed by atoms with Gasteiger partial charge in [-0.3, -0.25) is 9.59 Å². The van der Waals surface area contributed by atoms with E-state index in [0.717, 1.165) is 16.9 Å². The number of hydrogen-bond donors (Lipinski definition) is 2. The van der Waals surface area contributed by atoms with Gasteiger partial charge < -0.3 is 15.4 Å². The van der Waals surface area contributed by atoms with Crippen molar-refractivity contribution in [3.63, 3.8) is 0 Å². The number of carbonyl (C=O) groups is 3. The summed E-state index contributed by atoms with van der Waals surface area (Å²) in [6, 6.07) is 0. The molecule has 0 spiro atoms. The first-order valence-electron chi connectivity index (χ1n) is 7.14. The molecule has 0 fully saturated rings. The molecule has 1 rings (SSSR count). The second kappa shape index (κ2) is 7.93.